The molecule has 0 unspecified atom stereocenters. The fourth-order valence-electron chi connectivity index (χ4n) is 3.05. The summed E-state index contributed by atoms with van der Waals surface area (Å²) in [6.45, 7) is 2.48. The van der Waals surface area contributed by atoms with Gasteiger partial charge in [-0.3, -0.25) is 14.4 Å². The highest BCUT2D eigenvalue weighted by atomic mass is 79.9. The van der Waals surface area contributed by atoms with Crippen LogP contribution < -0.4 is 5.32 Å². The number of benzene rings is 1. The Morgan fingerprint density at radius 3 is 2.64 bits per heavy atom. The third-order valence-electron chi connectivity index (χ3n) is 4.63. The summed E-state index contributed by atoms with van der Waals surface area (Å²) in [4.78, 5) is 38.1. The Bertz CT molecular complexity index is 857. The molecule has 2 heterocycles. The van der Waals surface area contributed by atoms with Crippen molar-refractivity contribution in [3.05, 3.63) is 52.4 Å². The molecule has 148 valence electrons. The van der Waals surface area contributed by atoms with Gasteiger partial charge in [0.1, 0.15) is 0 Å². The number of hydrogen-bond donors (Lipinski definition) is 1. The van der Waals surface area contributed by atoms with Crippen molar-refractivity contribution in [2.75, 3.05) is 25.0 Å². The maximum absolute atomic E-state index is 12.2. The summed E-state index contributed by atoms with van der Waals surface area (Å²) in [7, 11) is 0. The molecule has 1 saturated heterocycles. The number of halogens is 1. The number of carbonyl (C=O) groups is 3. The third-order valence-corrected chi connectivity index (χ3v) is 5.52. The van der Waals surface area contributed by atoms with Crippen LogP contribution in [0.5, 0.6) is 0 Å². The normalized spacial score (nSPS) is 14.6. The van der Waals surface area contributed by atoms with Gasteiger partial charge in [0.25, 0.3) is 11.8 Å². The lowest BCUT2D eigenvalue weighted by atomic mass is 9.97. The number of likely N-dealkylation sites (tertiary alicyclic amines) is 1. The van der Waals surface area contributed by atoms with E-state index in [2.05, 4.69) is 21.2 Å². The standard InChI is InChI=1S/C20H21BrN2O5/c1-13-11-15(4-5-16(13)21)22-18(24)12-28-20(26)14-6-8-23(9-7-14)19(25)17-3-2-10-27-17/h2-5,10-11,14H,6-9,12H2,1H3,(H,22,24). The van der Waals surface area contributed by atoms with Gasteiger partial charge in [-0.2, -0.15) is 0 Å². The summed E-state index contributed by atoms with van der Waals surface area (Å²) in [5, 5.41) is 2.71. The number of ether oxygens (including phenoxy) is 1. The van der Waals surface area contributed by atoms with E-state index in [0.29, 0.717) is 37.4 Å². The van der Waals surface area contributed by atoms with Gasteiger partial charge in [-0.15, -0.1) is 0 Å². The lowest BCUT2D eigenvalue weighted by Crippen LogP contribution is -2.40. The second kappa shape index (κ2) is 9.05. The van der Waals surface area contributed by atoms with E-state index in [4.69, 9.17) is 9.15 Å². The number of nitrogens with one attached hydrogen (secondary N) is 1. The molecule has 1 aliphatic heterocycles. The molecule has 2 amide bonds. The fraction of sp³-hybridized carbons (Fsp3) is 0.350. The SMILES string of the molecule is Cc1cc(NC(=O)COC(=O)C2CCN(C(=O)c3ccco3)CC2)ccc1Br. The van der Waals surface area contributed by atoms with Gasteiger partial charge in [-0.25, -0.2) is 0 Å². The Balaban J connectivity index is 1.42. The number of carbonyl (C=O) groups excluding carboxylic acids is 3. The molecule has 1 aromatic heterocycles. The number of furan rings is 1. The van der Waals surface area contributed by atoms with Gasteiger partial charge in [0, 0.05) is 23.2 Å². The Labute approximate surface area is 171 Å². The van der Waals surface area contributed by atoms with Gasteiger partial charge in [0.2, 0.25) is 0 Å². The van der Waals surface area contributed by atoms with Crippen LogP contribution >= 0.6 is 15.9 Å². The van der Waals surface area contributed by atoms with Crippen LogP contribution in [-0.4, -0.2) is 42.4 Å². The number of nitrogens with zero attached hydrogens (tertiary/aromatic N) is 1. The van der Waals surface area contributed by atoms with Crippen molar-refractivity contribution in [2.45, 2.75) is 19.8 Å². The molecular formula is C20H21BrN2O5. The highest BCUT2D eigenvalue weighted by Gasteiger charge is 2.29. The highest BCUT2D eigenvalue weighted by Crippen LogP contribution is 2.21. The van der Waals surface area contributed by atoms with Crippen molar-refractivity contribution >= 4 is 39.4 Å². The average Bonchev–Trinajstić information content (AvgIpc) is 3.23. The van der Waals surface area contributed by atoms with Gasteiger partial charge in [-0.1, -0.05) is 15.9 Å². The summed E-state index contributed by atoms with van der Waals surface area (Å²) in [5.74, 6) is -1.00. The molecule has 0 radical (unpaired) electrons. The molecule has 1 N–H and O–H groups in total. The molecule has 0 aliphatic carbocycles. The fourth-order valence-corrected chi connectivity index (χ4v) is 3.30. The van der Waals surface area contributed by atoms with Gasteiger partial charge in [0.05, 0.1) is 12.2 Å². The predicted octanol–water partition coefficient (Wildman–Crippen LogP) is 3.38. The first-order chi connectivity index (χ1) is 13.4. The highest BCUT2D eigenvalue weighted by molar-refractivity contribution is 9.10. The minimum atomic E-state index is -0.410. The summed E-state index contributed by atoms with van der Waals surface area (Å²) in [6.07, 6.45) is 2.45. The molecule has 1 aliphatic rings. The van der Waals surface area contributed by atoms with Crippen LogP contribution in [0.15, 0.2) is 45.5 Å². The number of esters is 1. The minimum absolute atomic E-state index is 0.180. The molecule has 0 spiro atoms. The zero-order valence-electron chi connectivity index (χ0n) is 15.4. The largest absolute Gasteiger partial charge is 0.459 e. The number of aryl methyl sites for hydroxylation is 1. The van der Waals surface area contributed by atoms with Gasteiger partial charge in [-0.05, 0) is 55.7 Å². The first-order valence-electron chi connectivity index (χ1n) is 8.99. The maximum atomic E-state index is 12.2. The molecule has 0 bridgehead atoms. The lowest BCUT2D eigenvalue weighted by molar-refractivity contribution is -0.152. The van der Waals surface area contributed by atoms with E-state index in [9.17, 15) is 14.4 Å². The van der Waals surface area contributed by atoms with Crippen LogP contribution in [0.2, 0.25) is 0 Å². The van der Waals surface area contributed by atoms with Crippen LogP contribution in [0.1, 0.15) is 29.0 Å². The second-order valence-corrected chi connectivity index (χ2v) is 7.52. The van der Waals surface area contributed by atoms with E-state index < -0.39 is 5.97 Å². The molecule has 0 saturated carbocycles. The summed E-state index contributed by atoms with van der Waals surface area (Å²) in [6, 6.07) is 8.72. The van der Waals surface area contributed by atoms with Crippen molar-refractivity contribution in [1.82, 2.24) is 4.90 Å². The number of hydrogen-bond acceptors (Lipinski definition) is 5. The molecule has 2 aromatic rings. The van der Waals surface area contributed by atoms with E-state index in [0.717, 1.165) is 10.0 Å². The van der Waals surface area contributed by atoms with Crippen molar-refractivity contribution in [3.63, 3.8) is 0 Å². The number of piperidine rings is 1. The van der Waals surface area contributed by atoms with Crippen LogP contribution in [0.3, 0.4) is 0 Å². The van der Waals surface area contributed by atoms with E-state index in [1.54, 1.807) is 23.1 Å². The summed E-state index contributed by atoms with van der Waals surface area (Å²) in [5.41, 5.74) is 1.64. The second-order valence-electron chi connectivity index (χ2n) is 6.66. The maximum Gasteiger partial charge on any atom is 0.309 e. The number of amides is 2. The molecule has 3 rings (SSSR count). The zero-order chi connectivity index (χ0) is 20.1. The van der Waals surface area contributed by atoms with Crippen molar-refractivity contribution in [3.8, 4) is 0 Å². The molecular weight excluding hydrogens is 428 g/mol. The molecule has 28 heavy (non-hydrogen) atoms. The van der Waals surface area contributed by atoms with E-state index >= 15 is 0 Å². The molecule has 7 nitrogen and oxygen atoms in total. The van der Waals surface area contributed by atoms with E-state index in [1.807, 2.05) is 19.1 Å². The quantitative estimate of drug-likeness (QED) is 0.708. The van der Waals surface area contributed by atoms with Gasteiger partial charge in [0.15, 0.2) is 12.4 Å². The monoisotopic (exact) mass is 448 g/mol. The van der Waals surface area contributed by atoms with Crippen LogP contribution in [0.4, 0.5) is 5.69 Å². The number of rotatable bonds is 5. The van der Waals surface area contributed by atoms with Crippen LogP contribution in [-0.2, 0) is 14.3 Å². The summed E-state index contributed by atoms with van der Waals surface area (Å²) < 4.78 is 11.2. The smallest absolute Gasteiger partial charge is 0.309 e. The molecule has 0 atom stereocenters. The average molecular weight is 449 g/mol. The Hall–Kier alpha value is -2.61. The molecule has 1 aromatic carbocycles. The first-order valence-corrected chi connectivity index (χ1v) is 9.79. The van der Waals surface area contributed by atoms with E-state index in [1.165, 1.54) is 6.26 Å². The van der Waals surface area contributed by atoms with Gasteiger partial charge < -0.3 is 19.4 Å². The van der Waals surface area contributed by atoms with Crippen LogP contribution in [0.25, 0.3) is 0 Å². The van der Waals surface area contributed by atoms with Gasteiger partial charge >= 0.3 is 5.97 Å². The Kier molecular flexibility index (Phi) is 6.51. The zero-order valence-corrected chi connectivity index (χ0v) is 17.0. The topological polar surface area (TPSA) is 88.9 Å². The van der Waals surface area contributed by atoms with Crippen molar-refractivity contribution < 1.29 is 23.5 Å². The Morgan fingerprint density at radius 2 is 2.00 bits per heavy atom. The van der Waals surface area contributed by atoms with Crippen molar-refractivity contribution in [2.24, 2.45) is 5.92 Å². The third kappa shape index (κ3) is 5.01. The first kappa shape index (κ1) is 20.1. The lowest BCUT2D eigenvalue weighted by Gasteiger charge is -2.30. The molecule has 8 heteroatoms. The van der Waals surface area contributed by atoms with Crippen LogP contribution in [0, 0.1) is 12.8 Å². The Morgan fingerprint density at radius 1 is 1.25 bits per heavy atom. The van der Waals surface area contributed by atoms with E-state index in [-0.39, 0.29) is 24.3 Å². The van der Waals surface area contributed by atoms with Crippen molar-refractivity contribution in [1.29, 1.82) is 0 Å². The minimum Gasteiger partial charge on any atom is -0.459 e. The summed E-state index contributed by atoms with van der Waals surface area (Å²) >= 11 is 3.40. The predicted molar refractivity (Wildman–Crippen MR) is 106 cm³/mol. The number of anilines is 1. The molecule has 1 fully saturated rings.